The number of pyridine rings is 1. The molecule has 1 N–H and O–H groups in total. The standard InChI is InChI=1S/C32H30F3N5O5.3C2H6/c1-36-29-10-8-21(32(41)42)16-30(29)40(13-14-44-3)12-11-20-15-27(35)24(18-26(20)34)28-5-4-6-31(37-28)45-19-22-7-9-23(17-25(22)33)39(2)38-43;3*1-2/h4-10,15-18H,1,11-14,19H2,2-3H3,(H,41,42);3*1-2H3. The Morgan fingerprint density at radius 2 is 1.57 bits per heavy atom. The van der Waals surface area contributed by atoms with Crippen LogP contribution in [0.15, 0.2) is 77.0 Å². The van der Waals surface area contributed by atoms with E-state index >= 15 is 8.78 Å². The third-order valence-electron chi connectivity index (χ3n) is 6.99. The molecule has 0 bridgehead atoms. The van der Waals surface area contributed by atoms with Gasteiger partial charge in [0.25, 0.3) is 0 Å². The minimum Gasteiger partial charge on any atom is -0.478 e. The van der Waals surface area contributed by atoms with Gasteiger partial charge in [0.05, 0.1) is 40.2 Å². The number of carbonyl (C=O) groups is 1. The maximum atomic E-state index is 15.3. The number of methoxy groups -OCH3 is 1. The van der Waals surface area contributed by atoms with E-state index in [9.17, 15) is 19.2 Å². The molecule has 4 rings (SSSR count). The monoisotopic (exact) mass is 711 g/mol. The first kappa shape index (κ1) is 43.7. The number of carboxylic acid groups (broad SMARTS) is 1. The summed E-state index contributed by atoms with van der Waals surface area (Å²) in [5.74, 6) is -3.04. The van der Waals surface area contributed by atoms with Crippen LogP contribution in [0.1, 0.15) is 63.0 Å². The topological polar surface area (TPSA) is 117 Å². The lowest BCUT2D eigenvalue weighted by Gasteiger charge is -2.26. The molecule has 0 aliphatic heterocycles. The number of nitrogens with zero attached hydrogens (tertiary/aromatic N) is 5. The Hall–Kier alpha value is -5.30. The third-order valence-corrected chi connectivity index (χ3v) is 6.99. The van der Waals surface area contributed by atoms with Crippen molar-refractivity contribution in [3.05, 3.63) is 106 Å². The number of carboxylic acids is 1. The van der Waals surface area contributed by atoms with E-state index in [0.29, 0.717) is 24.5 Å². The minimum atomic E-state index is -1.12. The number of anilines is 2. The van der Waals surface area contributed by atoms with Crippen molar-refractivity contribution in [3.63, 3.8) is 0 Å². The van der Waals surface area contributed by atoms with Crippen LogP contribution in [0.3, 0.4) is 0 Å². The first-order chi connectivity index (χ1) is 24.6. The summed E-state index contributed by atoms with van der Waals surface area (Å²) in [4.78, 5) is 32.2. The molecule has 3 aromatic carbocycles. The molecule has 10 nitrogen and oxygen atoms in total. The molecular weight excluding hydrogens is 663 g/mol. The first-order valence-electron chi connectivity index (χ1n) is 16.7. The molecule has 0 saturated heterocycles. The predicted octanol–water partition coefficient (Wildman–Crippen LogP) is 9.67. The second kappa shape index (κ2) is 23.2. The number of aromatic carboxylic acids is 1. The van der Waals surface area contributed by atoms with Gasteiger partial charge in [0, 0.05) is 44.4 Å². The fourth-order valence-corrected chi connectivity index (χ4v) is 4.53. The van der Waals surface area contributed by atoms with Crippen molar-refractivity contribution in [1.82, 2.24) is 4.98 Å². The lowest BCUT2D eigenvalue weighted by Crippen LogP contribution is -2.30. The maximum absolute atomic E-state index is 15.3. The van der Waals surface area contributed by atoms with E-state index < -0.39 is 23.4 Å². The van der Waals surface area contributed by atoms with E-state index in [1.807, 2.05) is 41.5 Å². The summed E-state index contributed by atoms with van der Waals surface area (Å²) in [6, 6.07) is 15.2. The molecule has 0 fully saturated rings. The molecule has 276 valence electrons. The normalized spacial score (nSPS) is 9.86. The lowest BCUT2D eigenvalue weighted by atomic mass is 10.0. The second-order valence-corrected chi connectivity index (χ2v) is 9.85. The number of nitroso groups, excluding NO2 is 1. The van der Waals surface area contributed by atoms with Crippen LogP contribution in [0.4, 0.5) is 30.2 Å². The zero-order valence-electron chi connectivity index (χ0n) is 30.5. The Morgan fingerprint density at radius 3 is 2.18 bits per heavy atom. The number of aliphatic imine (C=N–C) groups is 1. The van der Waals surface area contributed by atoms with Gasteiger partial charge in [-0.1, -0.05) is 53.7 Å². The number of benzene rings is 3. The molecule has 0 radical (unpaired) electrons. The fraction of sp³-hybridized carbons (Fsp3) is 0.342. The summed E-state index contributed by atoms with van der Waals surface area (Å²) in [6.07, 6.45) is 0.0836. The summed E-state index contributed by atoms with van der Waals surface area (Å²) in [6.45, 7) is 16.2. The van der Waals surface area contributed by atoms with Gasteiger partial charge in [-0.05, 0) is 67.2 Å². The summed E-state index contributed by atoms with van der Waals surface area (Å²) in [5, 5.41) is 13.1. The SMILES string of the molecule is C=Nc1ccc(C(=O)O)cc1N(CCOC)CCc1cc(F)c(-c2cccc(OCc3ccc(N(C)N=O)cc3F)n2)cc1F.CC.CC.CC. The van der Waals surface area contributed by atoms with Gasteiger partial charge in [-0.2, -0.15) is 0 Å². The average Bonchev–Trinajstić information content (AvgIpc) is 3.17. The van der Waals surface area contributed by atoms with Crippen molar-refractivity contribution in [2.24, 2.45) is 10.3 Å². The molecule has 0 unspecified atom stereocenters. The predicted molar refractivity (Wildman–Crippen MR) is 199 cm³/mol. The van der Waals surface area contributed by atoms with Crippen molar-refractivity contribution in [1.29, 1.82) is 0 Å². The van der Waals surface area contributed by atoms with Crippen LogP contribution in [-0.2, 0) is 17.8 Å². The Morgan fingerprint density at radius 1 is 0.882 bits per heavy atom. The number of ether oxygens (including phenoxy) is 2. The van der Waals surface area contributed by atoms with Crippen LogP contribution < -0.4 is 14.6 Å². The fourth-order valence-electron chi connectivity index (χ4n) is 4.53. The lowest BCUT2D eigenvalue weighted by molar-refractivity contribution is 0.0697. The highest BCUT2D eigenvalue weighted by Crippen LogP contribution is 2.31. The number of halogens is 3. The van der Waals surface area contributed by atoms with Crippen molar-refractivity contribution < 1.29 is 32.5 Å². The molecule has 0 atom stereocenters. The molecule has 4 aromatic rings. The van der Waals surface area contributed by atoms with Crippen LogP contribution in [0.25, 0.3) is 11.3 Å². The molecule has 0 aliphatic rings. The molecule has 13 heteroatoms. The van der Waals surface area contributed by atoms with E-state index in [0.717, 1.165) is 23.2 Å². The van der Waals surface area contributed by atoms with Crippen molar-refractivity contribution >= 4 is 29.7 Å². The highest BCUT2D eigenvalue weighted by molar-refractivity contribution is 5.90. The second-order valence-electron chi connectivity index (χ2n) is 9.85. The number of hydrogen-bond acceptors (Lipinski definition) is 8. The summed E-state index contributed by atoms with van der Waals surface area (Å²) >= 11 is 0. The summed E-state index contributed by atoms with van der Waals surface area (Å²) < 4.78 is 55.9. The largest absolute Gasteiger partial charge is 0.478 e. The van der Waals surface area contributed by atoms with E-state index in [2.05, 4.69) is 22.0 Å². The van der Waals surface area contributed by atoms with Gasteiger partial charge < -0.3 is 19.5 Å². The van der Waals surface area contributed by atoms with Gasteiger partial charge in [0.2, 0.25) is 5.88 Å². The van der Waals surface area contributed by atoms with Gasteiger partial charge in [0.15, 0.2) is 0 Å². The Labute approximate surface area is 298 Å². The van der Waals surface area contributed by atoms with Gasteiger partial charge >= 0.3 is 5.97 Å². The molecule has 1 aromatic heterocycles. The number of rotatable bonds is 15. The van der Waals surface area contributed by atoms with E-state index in [1.165, 1.54) is 56.6 Å². The number of aromatic nitrogens is 1. The van der Waals surface area contributed by atoms with Crippen molar-refractivity contribution in [2.45, 2.75) is 54.6 Å². The van der Waals surface area contributed by atoms with Crippen LogP contribution in [0.2, 0.25) is 0 Å². The smallest absolute Gasteiger partial charge is 0.335 e. The quantitative estimate of drug-likeness (QED) is 0.0736. The van der Waals surface area contributed by atoms with Gasteiger partial charge in [0.1, 0.15) is 24.1 Å². The number of hydrogen-bond donors (Lipinski definition) is 1. The highest BCUT2D eigenvalue weighted by atomic mass is 19.1. The molecule has 1 heterocycles. The van der Waals surface area contributed by atoms with Crippen LogP contribution in [-0.4, -0.2) is 56.6 Å². The third kappa shape index (κ3) is 12.5. The summed E-state index contributed by atoms with van der Waals surface area (Å²) in [7, 11) is 2.91. The zero-order valence-corrected chi connectivity index (χ0v) is 30.5. The average molecular weight is 712 g/mol. The van der Waals surface area contributed by atoms with Crippen LogP contribution in [0.5, 0.6) is 5.88 Å². The van der Waals surface area contributed by atoms with Crippen LogP contribution >= 0.6 is 0 Å². The van der Waals surface area contributed by atoms with E-state index in [-0.39, 0.29) is 59.1 Å². The highest BCUT2D eigenvalue weighted by Gasteiger charge is 2.18. The molecule has 0 aliphatic carbocycles. The molecule has 0 amide bonds. The van der Waals surface area contributed by atoms with E-state index in [4.69, 9.17) is 9.47 Å². The van der Waals surface area contributed by atoms with Gasteiger partial charge in [-0.15, -0.1) is 4.91 Å². The van der Waals surface area contributed by atoms with E-state index in [1.54, 1.807) is 11.0 Å². The summed E-state index contributed by atoms with van der Waals surface area (Å²) in [5.41, 5.74) is 1.53. The van der Waals surface area contributed by atoms with Crippen molar-refractivity contribution in [3.8, 4) is 17.1 Å². The zero-order chi connectivity index (χ0) is 38.5. The minimum absolute atomic E-state index is 0.0446. The van der Waals surface area contributed by atoms with Gasteiger partial charge in [-0.25, -0.2) is 28.0 Å². The Kier molecular flexibility index (Phi) is 19.9. The molecular formula is C38H48F3N5O5. The maximum Gasteiger partial charge on any atom is 0.335 e. The Bertz CT molecular complexity index is 1710. The molecule has 0 saturated carbocycles. The van der Waals surface area contributed by atoms with Gasteiger partial charge in [-0.3, -0.25) is 4.99 Å². The van der Waals surface area contributed by atoms with Crippen LogP contribution in [0, 0.1) is 22.4 Å². The molecule has 0 spiro atoms. The Balaban J connectivity index is 0.00000206. The van der Waals surface area contributed by atoms with Crippen molar-refractivity contribution in [2.75, 3.05) is 43.8 Å². The first-order valence-corrected chi connectivity index (χ1v) is 16.7. The molecule has 51 heavy (non-hydrogen) atoms.